The van der Waals surface area contributed by atoms with Gasteiger partial charge in [0, 0.05) is 17.3 Å². The molecule has 0 amide bonds. The highest BCUT2D eigenvalue weighted by atomic mass is 79.9. The average molecular weight is 315 g/mol. The smallest absolute Gasteiger partial charge is 0.173 e. The minimum Gasteiger partial charge on any atom is -0.383 e. The van der Waals surface area contributed by atoms with E-state index in [1.54, 1.807) is 12.1 Å². The summed E-state index contributed by atoms with van der Waals surface area (Å²) in [6.45, 7) is 0. The SMILES string of the molecule is Nc1ncccc1C(O)c1ccc(F)c(F)c1Br. The first-order valence-corrected chi connectivity index (χ1v) is 5.83. The van der Waals surface area contributed by atoms with Crippen molar-refractivity contribution in [1.29, 1.82) is 0 Å². The number of benzene rings is 1. The van der Waals surface area contributed by atoms with Crippen molar-refractivity contribution in [2.45, 2.75) is 6.10 Å². The number of hydrogen-bond acceptors (Lipinski definition) is 3. The molecule has 0 bridgehead atoms. The van der Waals surface area contributed by atoms with E-state index in [1.807, 2.05) is 0 Å². The average Bonchev–Trinajstić information content (AvgIpc) is 2.36. The van der Waals surface area contributed by atoms with Crippen LogP contribution in [0.15, 0.2) is 34.9 Å². The van der Waals surface area contributed by atoms with E-state index in [1.165, 1.54) is 12.3 Å². The Morgan fingerprint density at radius 1 is 1.22 bits per heavy atom. The molecular weight excluding hydrogens is 306 g/mol. The molecule has 0 saturated heterocycles. The third-order valence-corrected chi connectivity index (χ3v) is 3.33. The minimum absolute atomic E-state index is 0.127. The Hall–Kier alpha value is -1.53. The topological polar surface area (TPSA) is 59.1 Å². The molecule has 2 rings (SSSR count). The Kier molecular flexibility index (Phi) is 3.58. The Morgan fingerprint density at radius 2 is 1.94 bits per heavy atom. The van der Waals surface area contributed by atoms with Crippen LogP contribution in [-0.2, 0) is 0 Å². The lowest BCUT2D eigenvalue weighted by Crippen LogP contribution is -2.07. The van der Waals surface area contributed by atoms with E-state index in [0.29, 0.717) is 5.56 Å². The Bertz CT molecular complexity index is 592. The summed E-state index contributed by atoms with van der Waals surface area (Å²) in [7, 11) is 0. The first-order valence-electron chi connectivity index (χ1n) is 5.04. The number of aliphatic hydroxyl groups is 1. The van der Waals surface area contributed by atoms with Gasteiger partial charge in [-0.15, -0.1) is 0 Å². The van der Waals surface area contributed by atoms with Crippen LogP contribution in [0.3, 0.4) is 0 Å². The van der Waals surface area contributed by atoms with Gasteiger partial charge in [-0.1, -0.05) is 12.1 Å². The summed E-state index contributed by atoms with van der Waals surface area (Å²) in [5, 5.41) is 10.1. The number of nitrogen functional groups attached to an aromatic ring is 1. The van der Waals surface area contributed by atoms with Crippen LogP contribution in [0.4, 0.5) is 14.6 Å². The quantitative estimate of drug-likeness (QED) is 0.838. The van der Waals surface area contributed by atoms with Gasteiger partial charge in [0.1, 0.15) is 11.9 Å². The summed E-state index contributed by atoms with van der Waals surface area (Å²) in [6.07, 6.45) is 0.300. The molecule has 0 aliphatic rings. The molecule has 0 fully saturated rings. The molecule has 18 heavy (non-hydrogen) atoms. The summed E-state index contributed by atoms with van der Waals surface area (Å²) in [4.78, 5) is 3.83. The highest BCUT2D eigenvalue weighted by Crippen LogP contribution is 2.32. The molecule has 3 nitrogen and oxygen atoms in total. The van der Waals surface area contributed by atoms with Crippen molar-refractivity contribution < 1.29 is 13.9 Å². The van der Waals surface area contributed by atoms with Gasteiger partial charge in [0.05, 0.1) is 4.47 Å². The molecule has 1 aromatic heterocycles. The fraction of sp³-hybridized carbons (Fsp3) is 0.0833. The van der Waals surface area contributed by atoms with Crippen molar-refractivity contribution in [3.05, 3.63) is 57.7 Å². The molecule has 0 saturated carbocycles. The van der Waals surface area contributed by atoms with E-state index in [2.05, 4.69) is 20.9 Å². The summed E-state index contributed by atoms with van der Waals surface area (Å²) in [5.41, 5.74) is 6.15. The van der Waals surface area contributed by atoms with E-state index in [4.69, 9.17) is 5.73 Å². The third kappa shape index (κ3) is 2.21. The van der Waals surface area contributed by atoms with E-state index in [9.17, 15) is 13.9 Å². The molecule has 0 aliphatic heterocycles. The van der Waals surface area contributed by atoms with Crippen molar-refractivity contribution in [3.63, 3.8) is 0 Å². The van der Waals surface area contributed by atoms with Crippen molar-refractivity contribution in [3.8, 4) is 0 Å². The highest BCUT2D eigenvalue weighted by Gasteiger charge is 2.20. The van der Waals surface area contributed by atoms with Crippen molar-refractivity contribution in [2.24, 2.45) is 0 Å². The first-order chi connectivity index (χ1) is 8.52. The van der Waals surface area contributed by atoms with Crippen LogP contribution >= 0.6 is 15.9 Å². The number of nitrogens with zero attached hydrogens (tertiary/aromatic N) is 1. The third-order valence-electron chi connectivity index (χ3n) is 2.53. The van der Waals surface area contributed by atoms with Crippen LogP contribution in [-0.4, -0.2) is 10.1 Å². The second kappa shape index (κ2) is 4.99. The van der Waals surface area contributed by atoms with E-state index in [-0.39, 0.29) is 15.9 Å². The Morgan fingerprint density at radius 3 is 2.61 bits per heavy atom. The largest absolute Gasteiger partial charge is 0.383 e. The zero-order chi connectivity index (χ0) is 13.3. The highest BCUT2D eigenvalue weighted by molar-refractivity contribution is 9.10. The normalized spacial score (nSPS) is 12.4. The fourth-order valence-electron chi connectivity index (χ4n) is 1.58. The molecule has 0 radical (unpaired) electrons. The maximum absolute atomic E-state index is 13.4. The van der Waals surface area contributed by atoms with Gasteiger partial charge >= 0.3 is 0 Å². The number of rotatable bonds is 2. The summed E-state index contributed by atoms with van der Waals surface area (Å²) < 4.78 is 26.2. The monoisotopic (exact) mass is 314 g/mol. The van der Waals surface area contributed by atoms with Gasteiger partial charge < -0.3 is 10.8 Å². The lowest BCUT2D eigenvalue weighted by molar-refractivity contribution is 0.219. The number of halogens is 3. The van der Waals surface area contributed by atoms with Crippen LogP contribution < -0.4 is 5.73 Å². The number of aliphatic hydroxyl groups excluding tert-OH is 1. The predicted molar refractivity (Wildman–Crippen MR) is 66.8 cm³/mol. The van der Waals surface area contributed by atoms with Crippen LogP contribution in [0, 0.1) is 11.6 Å². The van der Waals surface area contributed by atoms with Crippen LogP contribution in [0.1, 0.15) is 17.2 Å². The lowest BCUT2D eigenvalue weighted by Gasteiger charge is -2.15. The van der Waals surface area contributed by atoms with E-state index in [0.717, 1.165) is 6.07 Å². The molecule has 1 heterocycles. The van der Waals surface area contributed by atoms with Gasteiger partial charge in [0.25, 0.3) is 0 Å². The van der Waals surface area contributed by atoms with Gasteiger partial charge in [-0.2, -0.15) is 0 Å². The number of pyridine rings is 1. The number of nitrogens with two attached hydrogens (primary N) is 1. The second-order valence-electron chi connectivity index (χ2n) is 3.64. The molecule has 6 heteroatoms. The zero-order valence-electron chi connectivity index (χ0n) is 9.07. The summed E-state index contributed by atoms with van der Waals surface area (Å²) >= 11 is 2.92. The lowest BCUT2D eigenvalue weighted by atomic mass is 10.0. The van der Waals surface area contributed by atoms with Crippen LogP contribution in [0.5, 0.6) is 0 Å². The maximum Gasteiger partial charge on any atom is 0.173 e. The van der Waals surface area contributed by atoms with Gasteiger partial charge in [-0.3, -0.25) is 0 Å². The predicted octanol–water partition coefficient (Wildman–Crippen LogP) is 2.79. The number of hydrogen-bond donors (Lipinski definition) is 2. The van der Waals surface area contributed by atoms with Gasteiger partial charge in [-0.25, -0.2) is 13.8 Å². The van der Waals surface area contributed by atoms with Gasteiger partial charge in [-0.05, 0) is 28.1 Å². The Balaban J connectivity index is 2.50. The van der Waals surface area contributed by atoms with Crippen LogP contribution in [0.25, 0.3) is 0 Å². The second-order valence-corrected chi connectivity index (χ2v) is 4.44. The number of aromatic nitrogens is 1. The zero-order valence-corrected chi connectivity index (χ0v) is 10.7. The minimum atomic E-state index is -1.18. The molecule has 1 atom stereocenters. The molecule has 0 aliphatic carbocycles. The molecule has 94 valence electrons. The standard InChI is InChI=1S/C12H9BrF2N2O/c13-9-6(3-4-8(14)10(9)15)11(18)7-2-1-5-17-12(7)16/h1-5,11,18H,(H2,16,17). The first kappa shape index (κ1) is 12.9. The maximum atomic E-state index is 13.4. The van der Waals surface area contributed by atoms with E-state index >= 15 is 0 Å². The summed E-state index contributed by atoms with van der Waals surface area (Å²) in [6, 6.07) is 5.41. The van der Waals surface area contributed by atoms with Crippen molar-refractivity contribution in [2.75, 3.05) is 5.73 Å². The molecule has 1 aromatic carbocycles. The molecule has 2 aromatic rings. The van der Waals surface area contributed by atoms with E-state index < -0.39 is 17.7 Å². The van der Waals surface area contributed by atoms with Gasteiger partial charge in [0.15, 0.2) is 11.6 Å². The Labute approximate surface area is 110 Å². The fourth-order valence-corrected chi connectivity index (χ4v) is 2.12. The molecule has 0 spiro atoms. The van der Waals surface area contributed by atoms with Crippen molar-refractivity contribution in [1.82, 2.24) is 4.98 Å². The molecular formula is C12H9BrF2N2O. The number of anilines is 1. The van der Waals surface area contributed by atoms with Gasteiger partial charge in [0.2, 0.25) is 0 Å². The van der Waals surface area contributed by atoms with Crippen LogP contribution in [0.2, 0.25) is 0 Å². The molecule has 1 unspecified atom stereocenters. The summed E-state index contributed by atoms with van der Waals surface area (Å²) in [5.74, 6) is -1.90. The molecule has 3 N–H and O–H groups in total. The van der Waals surface area contributed by atoms with Crippen molar-refractivity contribution >= 4 is 21.7 Å².